The predicted molar refractivity (Wildman–Crippen MR) is 173 cm³/mol. The molecule has 6 aromatic rings. The summed E-state index contributed by atoms with van der Waals surface area (Å²) in [5.74, 6) is 0. The van der Waals surface area contributed by atoms with Gasteiger partial charge in [0.05, 0.1) is 0 Å². The van der Waals surface area contributed by atoms with Gasteiger partial charge in [-0.2, -0.15) is 0 Å². The maximum Gasteiger partial charge on any atom is 0.0464 e. The van der Waals surface area contributed by atoms with Crippen molar-refractivity contribution >= 4 is 34.1 Å². The van der Waals surface area contributed by atoms with Gasteiger partial charge in [0, 0.05) is 34.1 Å². The van der Waals surface area contributed by atoms with Gasteiger partial charge in [0.15, 0.2) is 0 Å². The Bertz CT molecular complexity index is 1740. The topological polar surface area (TPSA) is 6.48 Å². The van der Waals surface area contributed by atoms with E-state index in [2.05, 4.69) is 168 Å². The van der Waals surface area contributed by atoms with Gasteiger partial charge in [-0.15, -0.1) is 0 Å². The fourth-order valence-electron chi connectivity index (χ4n) is 5.97. The largest absolute Gasteiger partial charge is 0.310 e. The Morgan fingerprint density at radius 2 is 0.707 bits per heavy atom. The van der Waals surface area contributed by atoms with Gasteiger partial charge in [-0.05, 0) is 115 Å². The maximum atomic E-state index is 2.39. The smallest absolute Gasteiger partial charge is 0.0464 e. The van der Waals surface area contributed by atoms with E-state index >= 15 is 0 Å². The molecule has 198 valence electrons. The zero-order valence-corrected chi connectivity index (χ0v) is 23.2. The Balaban J connectivity index is 1.28. The van der Waals surface area contributed by atoms with Crippen molar-refractivity contribution in [1.82, 2.24) is 0 Å². The van der Waals surface area contributed by atoms with Crippen LogP contribution in [-0.2, 0) is 12.8 Å². The van der Waals surface area contributed by atoms with E-state index in [0.717, 1.165) is 24.2 Å². The number of rotatable bonds is 6. The monoisotopic (exact) mass is 528 g/mol. The van der Waals surface area contributed by atoms with Crippen LogP contribution in [0.25, 0.3) is 11.1 Å². The standard InChI is InChI=1S/C39H32N2/c1-29-17-21-35(22-18-29)41(34-15-9-4-10-16-34)37-24-26-39-31(28-37)20-19-30-27-36(23-25-38(30)39)40(32-11-5-2-6-12-32)33-13-7-3-8-14-33/h2-18,21-28H,19-20H2,1H3. The lowest BCUT2D eigenvalue weighted by atomic mass is 9.85. The molecular weight excluding hydrogens is 496 g/mol. The predicted octanol–water partition coefficient (Wildman–Crippen LogP) is 10.7. The number of anilines is 6. The van der Waals surface area contributed by atoms with Crippen LogP contribution in [0.2, 0.25) is 0 Å². The molecule has 41 heavy (non-hydrogen) atoms. The van der Waals surface area contributed by atoms with E-state index < -0.39 is 0 Å². The minimum Gasteiger partial charge on any atom is -0.310 e. The molecule has 0 spiro atoms. The van der Waals surface area contributed by atoms with Crippen molar-refractivity contribution in [3.8, 4) is 11.1 Å². The molecule has 2 heteroatoms. The first-order chi connectivity index (χ1) is 20.2. The van der Waals surface area contributed by atoms with E-state index in [1.54, 1.807) is 0 Å². The molecule has 1 aliphatic rings. The molecule has 0 aliphatic heterocycles. The van der Waals surface area contributed by atoms with E-state index in [0.29, 0.717) is 0 Å². The molecule has 1 aliphatic carbocycles. The van der Waals surface area contributed by atoms with E-state index in [9.17, 15) is 0 Å². The Morgan fingerprint density at radius 3 is 1.10 bits per heavy atom. The van der Waals surface area contributed by atoms with Crippen molar-refractivity contribution in [2.45, 2.75) is 19.8 Å². The minimum absolute atomic E-state index is 1.02. The Kier molecular flexibility index (Phi) is 6.58. The number of para-hydroxylation sites is 3. The molecule has 2 nitrogen and oxygen atoms in total. The quantitative estimate of drug-likeness (QED) is 0.212. The van der Waals surface area contributed by atoms with Crippen molar-refractivity contribution in [3.63, 3.8) is 0 Å². The lowest BCUT2D eigenvalue weighted by Gasteiger charge is -2.29. The summed E-state index contributed by atoms with van der Waals surface area (Å²) in [7, 11) is 0. The van der Waals surface area contributed by atoms with Gasteiger partial charge in [-0.1, -0.05) is 84.4 Å². The number of benzene rings is 6. The molecule has 0 saturated carbocycles. The third-order valence-corrected chi connectivity index (χ3v) is 7.98. The second-order valence-corrected chi connectivity index (χ2v) is 10.7. The summed E-state index contributed by atoms with van der Waals surface area (Å²) in [5.41, 5.74) is 13.8. The van der Waals surface area contributed by atoms with Crippen LogP contribution in [0.4, 0.5) is 34.1 Å². The Morgan fingerprint density at radius 1 is 0.366 bits per heavy atom. The van der Waals surface area contributed by atoms with Gasteiger partial charge < -0.3 is 9.80 Å². The second-order valence-electron chi connectivity index (χ2n) is 10.7. The summed E-state index contributed by atoms with van der Waals surface area (Å²) < 4.78 is 0. The van der Waals surface area contributed by atoms with Crippen LogP contribution in [0.15, 0.2) is 152 Å². The van der Waals surface area contributed by atoms with E-state index in [-0.39, 0.29) is 0 Å². The van der Waals surface area contributed by atoms with Crippen molar-refractivity contribution in [2.75, 3.05) is 9.80 Å². The SMILES string of the molecule is Cc1ccc(N(c2ccccc2)c2ccc3c(c2)CCc2cc(N(c4ccccc4)c4ccccc4)ccc2-3)cc1. The number of hydrogen-bond donors (Lipinski definition) is 0. The summed E-state index contributed by atoms with van der Waals surface area (Å²) in [5, 5.41) is 0. The van der Waals surface area contributed by atoms with E-state index in [1.807, 2.05) is 0 Å². The first-order valence-corrected chi connectivity index (χ1v) is 14.3. The zero-order valence-electron chi connectivity index (χ0n) is 23.2. The molecule has 0 saturated heterocycles. The second kappa shape index (κ2) is 10.8. The highest BCUT2D eigenvalue weighted by Crippen LogP contribution is 2.42. The van der Waals surface area contributed by atoms with E-state index in [4.69, 9.17) is 0 Å². The number of fused-ring (bicyclic) bond motifs is 3. The van der Waals surface area contributed by atoms with Gasteiger partial charge >= 0.3 is 0 Å². The summed E-state index contributed by atoms with van der Waals surface area (Å²) in [6.45, 7) is 2.14. The van der Waals surface area contributed by atoms with Crippen LogP contribution in [0, 0.1) is 6.92 Å². The molecule has 0 unspecified atom stereocenters. The highest BCUT2D eigenvalue weighted by Gasteiger charge is 2.21. The highest BCUT2D eigenvalue weighted by molar-refractivity contribution is 5.84. The average Bonchev–Trinajstić information content (AvgIpc) is 3.03. The zero-order chi connectivity index (χ0) is 27.6. The van der Waals surface area contributed by atoms with Crippen LogP contribution >= 0.6 is 0 Å². The maximum absolute atomic E-state index is 2.39. The van der Waals surface area contributed by atoms with Crippen molar-refractivity contribution in [2.24, 2.45) is 0 Å². The normalized spacial score (nSPS) is 11.8. The molecule has 0 fully saturated rings. The molecule has 0 bridgehead atoms. The van der Waals surface area contributed by atoms with Crippen molar-refractivity contribution in [1.29, 1.82) is 0 Å². The third-order valence-electron chi connectivity index (χ3n) is 7.98. The lowest BCUT2D eigenvalue weighted by molar-refractivity contribution is 0.940. The van der Waals surface area contributed by atoms with Gasteiger partial charge in [0.25, 0.3) is 0 Å². The lowest BCUT2D eigenvalue weighted by Crippen LogP contribution is -2.13. The molecule has 0 aromatic heterocycles. The molecule has 0 amide bonds. The van der Waals surface area contributed by atoms with Crippen LogP contribution < -0.4 is 9.80 Å². The summed E-state index contributed by atoms with van der Waals surface area (Å²) in [6, 6.07) is 54.7. The van der Waals surface area contributed by atoms with Crippen LogP contribution in [-0.4, -0.2) is 0 Å². The Labute approximate surface area is 242 Å². The first-order valence-electron chi connectivity index (χ1n) is 14.3. The molecule has 6 aromatic carbocycles. The van der Waals surface area contributed by atoms with Crippen molar-refractivity contribution < 1.29 is 0 Å². The minimum atomic E-state index is 1.02. The van der Waals surface area contributed by atoms with Gasteiger partial charge in [0.1, 0.15) is 0 Å². The molecule has 0 radical (unpaired) electrons. The van der Waals surface area contributed by atoms with Crippen LogP contribution in [0.1, 0.15) is 16.7 Å². The van der Waals surface area contributed by atoms with Crippen LogP contribution in [0.5, 0.6) is 0 Å². The highest BCUT2D eigenvalue weighted by atomic mass is 15.1. The van der Waals surface area contributed by atoms with Gasteiger partial charge in [-0.3, -0.25) is 0 Å². The van der Waals surface area contributed by atoms with Crippen LogP contribution in [0.3, 0.4) is 0 Å². The number of hydrogen-bond acceptors (Lipinski definition) is 2. The average molecular weight is 529 g/mol. The summed E-state index contributed by atoms with van der Waals surface area (Å²) in [6.07, 6.45) is 2.04. The number of nitrogens with zero attached hydrogens (tertiary/aromatic N) is 2. The van der Waals surface area contributed by atoms with E-state index in [1.165, 1.54) is 50.6 Å². The molecule has 7 rings (SSSR count). The van der Waals surface area contributed by atoms with Gasteiger partial charge in [0.2, 0.25) is 0 Å². The number of aryl methyl sites for hydroxylation is 3. The summed E-state index contributed by atoms with van der Waals surface area (Å²) >= 11 is 0. The summed E-state index contributed by atoms with van der Waals surface area (Å²) in [4.78, 5) is 4.70. The molecule has 0 atom stereocenters. The van der Waals surface area contributed by atoms with Gasteiger partial charge in [-0.25, -0.2) is 0 Å². The molecule has 0 N–H and O–H groups in total. The fourth-order valence-corrected chi connectivity index (χ4v) is 5.97. The molecular formula is C39H32N2. The molecule has 0 heterocycles. The van der Waals surface area contributed by atoms with Crippen molar-refractivity contribution in [3.05, 3.63) is 168 Å². The first kappa shape index (κ1) is 24.9. The fraction of sp³-hybridized carbons (Fsp3) is 0.0769. The Hall–Kier alpha value is -5.08. The third kappa shape index (κ3) is 4.90.